The monoisotopic (exact) mass is 538 g/mol. The second kappa shape index (κ2) is 9.85. The predicted octanol–water partition coefficient (Wildman–Crippen LogP) is 4.46. The van der Waals surface area contributed by atoms with Crippen molar-refractivity contribution in [3.8, 4) is 5.75 Å². The van der Waals surface area contributed by atoms with Crippen molar-refractivity contribution in [1.29, 1.82) is 0 Å². The SMILES string of the molecule is COc1ccc2nc(CC[C@@H](C)[C@H]3CC[C@H]4[C@H]5C(C[C@H](O)[C@]34C)[C@@]3(C)CC[C@@H](O)C[C@H]3C[C@H]5O)[nH]c(=O)c2c1. The number of rotatable bonds is 5. The van der Waals surface area contributed by atoms with Gasteiger partial charge in [0.25, 0.3) is 5.56 Å². The van der Waals surface area contributed by atoms with Crippen molar-refractivity contribution >= 4 is 10.9 Å². The Bertz CT molecular complexity index is 1280. The number of nitrogens with zero attached hydrogens (tertiary/aromatic N) is 1. The van der Waals surface area contributed by atoms with Crippen LogP contribution in [-0.2, 0) is 6.42 Å². The number of H-pyrrole nitrogens is 1. The number of methoxy groups -OCH3 is 1. The Kier molecular flexibility index (Phi) is 6.87. The van der Waals surface area contributed by atoms with Gasteiger partial charge in [-0.15, -0.1) is 0 Å². The number of aromatic nitrogens is 2. The van der Waals surface area contributed by atoms with Gasteiger partial charge in [0.1, 0.15) is 11.6 Å². The van der Waals surface area contributed by atoms with Crippen molar-refractivity contribution in [2.24, 2.45) is 46.3 Å². The number of aryl methyl sites for hydroxylation is 1. The van der Waals surface area contributed by atoms with E-state index in [0.717, 1.165) is 51.4 Å². The summed E-state index contributed by atoms with van der Waals surface area (Å²) >= 11 is 0. The summed E-state index contributed by atoms with van der Waals surface area (Å²) in [5.41, 5.74) is 0.403. The fourth-order valence-corrected chi connectivity index (χ4v) is 10.1. The van der Waals surface area contributed by atoms with Crippen molar-refractivity contribution in [2.75, 3.05) is 7.11 Å². The number of aliphatic hydroxyl groups is 3. The molecule has 1 unspecified atom stereocenters. The zero-order valence-corrected chi connectivity index (χ0v) is 23.9. The van der Waals surface area contributed by atoms with Crippen LogP contribution in [0.25, 0.3) is 10.9 Å². The number of nitrogens with one attached hydrogen (secondary N) is 1. The van der Waals surface area contributed by atoms with E-state index in [0.29, 0.717) is 58.5 Å². The first kappa shape index (κ1) is 27.2. The van der Waals surface area contributed by atoms with Gasteiger partial charge in [-0.3, -0.25) is 4.79 Å². The van der Waals surface area contributed by atoms with Gasteiger partial charge in [-0.1, -0.05) is 20.8 Å². The van der Waals surface area contributed by atoms with E-state index in [1.165, 1.54) is 0 Å². The third kappa shape index (κ3) is 4.26. The van der Waals surface area contributed by atoms with Crippen LogP contribution in [0, 0.1) is 46.3 Å². The molecule has 214 valence electrons. The summed E-state index contributed by atoms with van der Waals surface area (Å²) in [6.07, 6.45) is 6.85. The van der Waals surface area contributed by atoms with Crippen molar-refractivity contribution < 1.29 is 20.1 Å². The lowest BCUT2D eigenvalue weighted by atomic mass is 9.43. The zero-order chi connectivity index (χ0) is 27.7. The van der Waals surface area contributed by atoms with E-state index in [4.69, 9.17) is 9.72 Å². The first-order valence-electron chi connectivity index (χ1n) is 15.2. The van der Waals surface area contributed by atoms with Crippen molar-refractivity contribution in [2.45, 2.75) is 96.9 Å². The normalized spacial score (nSPS) is 42.4. The standard InChI is InChI=1S/C32H46N2O5/c1-17(5-10-28-33-25-9-6-20(39-4)15-21(25)30(38)34-28)22-7-8-23-29-24(16-27(37)32(22,23)3)31(2)12-11-19(35)13-18(31)14-26(29)36/h6,9,15,17-19,22-24,26-27,29,35-37H,5,7-8,10-14,16H2,1-4H3,(H,33,34,38)/t17-,18+,19-,22-,23+,24?,26-,27+,29+,31+,32-/m1/s1. The van der Waals surface area contributed by atoms with Gasteiger partial charge in [-0.05, 0) is 116 Å². The van der Waals surface area contributed by atoms with E-state index in [9.17, 15) is 20.1 Å². The maximum Gasteiger partial charge on any atom is 0.258 e. The Morgan fingerprint density at radius 3 is 2.67 bits per heavy atom. The molecule has 4 aliphatic carbocycles. The Labute approximate surface area is 231 Å². The minimum Gasteiger partial charge on any atom is -0.497 e. The average molecular weight is 539 g/mol. The fourth-order valence-electron chi connectivity index (χ4n) is 10.1. The topological polar surface area (TPSA) is 116 Å². The number of hydrogen-bond acceptors (Lipinski definition) is 6. The number of aliphatic hydroxyl groups excluding tert-OH is 3. The molecule has 1 heterocycles. The highest BCUT2D eigenvalue weighted by Gasteiger charge is 2.65. The minimum atomic E-state index is -0.387. The van der Waals surface area contributed by atoms with E-state index in [1.807, 2.05) is 12.1 Å². The molecule has 0 bridgehead atoms. The molecule has 2 aromatic rings. The van der Waals surface area contributed by atoms with Crippen LogP contribution in [0.5, 0.6) is 5.75 Å². The van der Waals surface area contributed by atoms with Gasteiger partial charge in [0, 0.05) is 6.42 Å². The first-order valence-corrected chi connectivity index (χ1v) is 15.2. The molecular weight excluding hydrogens is 492 g/mol. The highest BCUT2D eigenvalue weighted by molar-refractivity contribution is 5.79. The Balaban J connectivity index is 1.20. The second-order valence-corrected chi connectivity index (χ2v) is 13.9. The largest absolute Gasteiger partial charge is 0.497 e. The molecule has 0 radical (unpaired) electrons. The number of ether oxygens (including phenoxy) is 1. The fraction of sp³-hybridized carbons (Fsp3) is 0.750. The summed E-state index contributed by atoms with van der Waals surface area (Å²) in [5.74, 6) is 3.25. The molecular formula is C32H46N2O5. The summed E-state index contributed by atoms with van der Waals surface area (Å²) in [5, 5.41) is 34.2. The molecule has 0 amide bonds. The molecule has 4 N–H and O–H groups in total. The predicted molar refractivity (Wildman–Crippen MR) is 150 cm³/mol. The Morgan fingerprint density at radius 2 is 1.90 bits per heavy atom. The van der Waals surface area contributed by atoms with Gasteiger partial charge in [0.15, 0.2) is 0 Å². The first-order chi connectivity index (χ1) is 18.6. The van der Waals surface area contributed by atoms with Crippen LogP contribution in [0.1, 0.15) is 78.0 Å². The van der Waals surface area contributed by atoms with Crippen molar-refractivity contribution in [1.82, 2.24) is 9.97 Å². The molecule has 6 rings (SSSR count). The molecule has 4 aliphatic rings. The molecule has 1 aromatic carbocycles. The maximum absolute atomic E-state index is 12.7. The molecule has 11 atom stereocenters. The van der Waals surface area contributed by atoms with Gasteiger partial charge in [0.05, 0.1) is 36.3 Å². The average Bonchev–Trinajstić information content (AvgIpc) is 3.27. The van der Waals surface area contributed by atoms with E-state index in [1.54, 1.807) is 13.2 Å². The minimum absolute atomic E-state index is 0.0901. The molecule has 7 nitrogen and oxygen atoms in total. The highest BCUT2D eigenvalue weighted by atomic mass is 16.5. The van der Waals surface area contributed by atoms with Gasteiger partial charge >= 0.3 is 0 Å². The van der Waals surface area contributed by atoms with Crippen LogP contribution >= 0.6 is 0 Å². The zero-order valence-electron chi connectivity index (χ0n) is 23.9. The maximum atomic E-state index is 12.7. The van der Waals surface area contributed by atoms with Crippen molar-refractivity contribution in [3.05, 3.63) is 34.4 Å². The van der Waals surface area contributed by atoms with Crippen LogP contribution < -0.4 is 10.3 Å². The molecule has 4 fully saturated rings. The lowest BCUT2D eigenvalue weighted by molar-refractivity contribution is -0.207. The smallest absolute Gasteiger partial charge is 0.258 e. The lowest BCUT2D eigenvalue weighted by Gasteiger charge is -2.63. The molecule has 1 aromatic heterocycles. The number of benzene rings is 1. The summed E-state index contributed by atoms with van der Waals surface area (Å²) < 4.78 is 5.25. The summed E-state index contributed by atoms with van der Waals surface area (Å²) in [6.45, 7) is 6.96. The van der Waals surface area contributed by atoms with Gasteiger partial charge in [-0.25, -0.2) is 4.98 Å². The third-order valence-electron chi connectivity index (χ3n) is 12.3. The molecule has 0 saturated heterocycles. The third-order valence-corrected chi connectivity index (χ3v) is 12.3. The van der Waals surface area contributed by atoms with Crippen molar-refractivity contribution in [3.63, 3.8) is 0 Å². The van der Waals surface area contributed by atoms with Crippen LogP contribution in [0.3, 0.4) is 0 Å². The van der Waals surface area contributed by atoms with E-state index in [-0.39, 0.29) is 40.6 Å². The van der Waals surface area contributed by atoms with Crippen LogP contribution in [0.4, 0.5) is 0 Å². The molecule has 39 heavy (non-hydrogen) atoms. The molecule has 0 spiro atoms. The summed E-state index contributed by atoms with van der Waals surface area (Å²) in [4.78, 5) is 20.4. The highest BCUT2D eigenvalue weighted by Crippen LogP contribution is 2.68. The quantitative estimate of drug-likeness (QED) is 0.447. The molecule has 4 saturated carbocycles. The lowest BCUT2D eigenvalue weighted by Crippen LogP contribution is -2.62. The van der Waals surface area contributed by atoms with Gasteiger partial charge in [-0.2, -0.15) is 0 Å². The second-order valence-electron chi connectivity index (χ2n) is 13.9. The van der Waals surface area contributed by atoms with E-state index < -0.39 is 0 Å². The Hall–Kier alpha value is -1.96. The number of hydrogen-bond donors (Lipinski definition) is 4. The van der Waals surface area contributed by atoms with E-state index >= 15 is 0 Å². The van der Waals surface area contributed by atoms with Gasteiger partial charge < -0.3 is 25.0 Å². The number of fused-ring (bicyclic) bond motifs is 6. The number of aromatic amines is 1. The molecule has 7 heteroatoms. The Morgan fingerprint density at radius 1 is 1.10 bits per heavy atom. The van der Waals surface area contributed by atoms with Crippen LogP contribution in [-0.4, -0.2) is 50.7 Å². The van der Waals surface area contributed by atoms with Crippen LogP contribution in [0.2, 0.25) is 0 Å². The summed E-state index contributed by atoms with van der Waals surface area (Å²) in [6, 6.07) is 5.39. The molecule has 0 aliphatic heterocycles. The van der Waals surface area contributed by atoms with E-state index in [2.05, 4.69) is 25.8 Å². The van der Waals surface area contributed by atoms with Crippen LogP contribution in [0.15, 0.2) is 23.0 Å². The van der Waals surface area contributed by atoms with Gasteiger partial charge in [0.2, 0.25) is 0 Å². The summed E-state index contributed by atoms with van der Waals surface area (Å²) in [7, 11) is 1.59.